The molecule has 3 nitrogen and oxygen atoms in total. The molecule has 0 bridgehead atoms. The molecule has 2 aromatic carbocycles. The number of nitrogens with one attached hydrogen (secondary N) is 1. The first-order chi connectivity index (χ1) is 12.6. The second kappa shape index (κ2) is 10.7. The van der Waals surface area contributed by atoms with Gasteiger partial charge in [-0.25, -0.2) is 4.39 Å². The Labute approximate surface area is 161 Å². The number of ketones is 1. The van der Waals surface area contributed by atoms with E-state index in [1.54, 1.807) is 30.3 Å². The minimum atomic E-state index is -0.550. The Morgan fingerprint density at radius 2 is 1.88 bits per heavy atom. The summed E-state index contributed by atoms with van der Waals surface area (Å²) in [7, 11) is 0. The summed E-state index contributed by atoms with van der Waals surface area (Å²) in [6.07, 6.45) is 6.52. The quantitative estimate of drug-likeness (QED) is 0.338. The highest BCUT2D eigenvalue weighted by Crippen LogP contribution is 2.21. The van der Waals surface area contributed by atoms with Gasteiger partial charge in [0.05, 0.1) is 0 Å². The summed E-state index contributed by atoms with van der Waals surface area (Å²) in [5.41, 5.74) is 0.798. The van der Waals surface area contributed by atoms with Gasteiger partial charge in [0.2, 0.25) is 0 Å². The standard InChI is InChI=1S/C21H21BrFNO2/c1-2-3-12-24-13-4-5-14-26-20-11-8-17(15-19(20)23)21(25)16-6-9-18(22)10-7-16/h2,4-11,15,24H,1,3,12-14H2/b5-4+. The Balaban J connectivity index is 1.88. The van der Waals surface area contributed by atoms with Crippen molar-refractivity contribution in [3.8, 4) is 5.75 Å². The van der Waals surface area contributed by atoms with Crippen molar-refractivity contribution in [1.29, 1.82) is 0 Å². The highest BCUT2D eigenvalue weighted by atomic mass is 79.9. The molecule has 0 amide bonds. The van der Waals surface area contributed by atoms with Gasteiger partial charge in [0.15, 0.2) is 17.3 Å². The first-order valence-corrected chi connectivity index (χ1v) is 9.10. The number of rotatable bonds is 10. The number of halogens is 2. The molecule has 0 aromatic heterocycles. The average Bonchev–Trinajstić information content (AvgIpc) is 2.65. The van der Waals surface area contributed by atoms with Crippen LogP contribution in [0.4, 0.5) is 4.39 Å². The van der Waals surface area contributed by atoms with Crippen molar-refractivity contribution in [2.75, 3.05) is 19.7 Å². The summed E-state index contributed by atoms with van der Waals surface area (Å²) in [6.45, 7) is 5.51. The van der Waals surface area contributed by atoms with Crippen molar-refractivity contribution in [2.24, 2.45) is 0 Å². The van der Waals surface area contributed by atoms with E-state index < -0.39 is 5.82 Å². The number of carbonyl (C=O) groups excluding carboxylic acids is 1. The van der Waals surface area contributed by atoms with Crippen LogP contribution in [0.1, 0.15) is 22.3 Å². The Morgan fingerprint density at radius 3 is 2.58 bits per heavy atom. The lowest BCUT2D eigenvalue weighted by Gasteiger charge is -2.07. The van der Waals surface area contributed by atoms with Gasteiger partial charge in [-0.1, -0.05) is 34.2 Å². The van der Waals surface area contributed by atoms with Crippen LogP contribution in [0.2, 0.25) is 0 Å². The van der Waals surface area contributed by atoms with Crippen LogP contribution in [0.3, 0.4) is 0 Å². The molecule has 0 aliphatic heterocycles. The van der Waals surface area contributed by atoms with Gasteiger partial charge in [0, 0.05) is 22.1 Å². The largest absolute Gasteiger partial charge is 0.486 e. The van der Waals surface area contributed by atoms with Crippen molar-refractivity contribution < 1.29 is 13.9 Å². The summed E-state index contributed by atoms with van der Waals surface area (Å²) in [5, 5.41) is 3.21. The van der Waals surface area contributed by atoms with Crippen molar-refractivity contribution in [3.05, 3.63) is 88.7 Å². The molecule has 0 radical (unpaired) electrons. The maximum atomic E-state index is 14.2. The molecule has 0 aliphatic carbocycles. The van der Waals surface area contributed by atoms with E-state index in [-0.39, 0.29) is 18.1 Å². The normalized spacial score (nSPS) is 10.8. The van der Waals surface area contributed by atoms with E-state index in [2.05, 4.69) is 27.8 Å². The van der Waals surface area contributed by atoms with Crippen LogP contribution in [0.5, 0.6) is 5.75 Å². The predicted molar refractivity (Wildman–Crippen MR) is 106 cm³/mol. The van der Waals surface area contributed by atoms with Gasteiger partial charge in [0.1, 0.15) is 6.61 Å². The summed E-state index contributed by atoms with van der Waals surface area (Å²) < 4.78 is 20.5. The molecule has 0 fully saturated rings. The number of hydrogen-bond donors (Lipinski definition) is 1. The molecular formula is C21H21BrFNO2. The lowest BCUT2D eigenvalue weighted by atomic mass is 10.0. The van der Waals surface area contributed by atoms with Gasteiger partial charge in [-0.3, -0.25) is 4.79 Å². The van der Waals surface area contributed by atoms with Crippen LogP contribution in [0.25, 0.3) is 0 Å². The molecule has 0 saturated heterocycles. The lowest BCUT2D eigenvalue weighted by molar-refractivity contribution is 0.103. The molecule has 2 aromatic rings. The molecule has 0 spiro atoms. The molecule has 0 heterocycles. The third-order valence-electron chi connectivity index (χ3n) is 3.59. The number of ether oxygens (including phenoxy) is 1. The van der Waals surface area contributed by atoms with E-state index in [4.69, 9.17) is 4.74 Å². The molecule has 26 heavy (non-hydrogen) atoms. The SMILES string of the molecule is C=CCCNC/C=C/COc1ccc(C(=O)c2ccc(Br)cc2)cc1F. The predicted octanol–water partition coefficient (Wildman–Crippen LogP) is 4.92. The minimum Gasteiger partial charge on any atom is -0.486 e. The molecule has 2 rings (SSSR count). The van der Waals surface area contributed by atoms with Crippen molar-refractivity contribution in [3.63, 3.8) is 0 Å². The third-order valence-corrected chi connectivity index (χ3v) is 4.12. The van der Waals surface area contributed by atoms with E-state index in [1.807, 2.05) is 18.2 Å². The summed E-state index contributed by atoms with van der Waals surface area (Å²) in [5.74, 6) is -0.652. The molecule has 136 valence electrons. The zero-order chi connectivity index (χ0) is 18.8. The van der Waals surface area contributed by atoms with Gasteiger partial charge < -0.3 is 10.1 Å². The van der Waals surface area contributed by atoms with Crippen LogP contribution in [-0.2, 0) is 0 Å². The maximum absolute atomic E-state index is 14.2. The van der Waals surface area contributed by atoms with E-state index in [0.29, 0.717) is 11.1 Å². The zero-order valence-electron chi connectivity index (χ0n) is 14.4. The molecule has 1 N–H and O–H groups in total. The molecule has 0 atom stereocenters. The Morgan fingerprint density at radius 1 is 1.15 bits per heavy atom. The molecule has 0 saturated carbocycles. The van der Waals surface area contributed by atoms with Crippen LogP contribution >= 0.6 is 15.9 Å². The van der Waals surface area contributed by atoms with Crippen LogP contribution in [0, 0.1) is 5.82 Å². The Hall–Kier alpha value is -2.24. The number of hydrogen-bond acceptors (Lipinski definition) is 3. The van der Waals surface area contributed by atoms with Crippen LogP contribution in [0.15, 0.2) is 71.7 Å². The fraction of sp³-hybridized carbons (Fsp3) is 0.190. The van der Waals surface area contributed by atoms with Crippen molar-refractivity contribution in [1.82, 2.24) is 5.32 Å². The van der Waals surface area contributed by atoms with E-state index >= 15 is 0 Å². The van der Waals surface area contributed by atoms with Gasteiger partial charge in [0.25, 0.3) is 0 Å². The first-order valence-electron chi connectivity index (χ1n) is 8.31. The van der Waals surface area contributed by atoms with Gasteiger partial charge in [-0.05, 0) is 55.4 Å². The topological polar surface area (TPSA) is 38.3 Å². The van der Waals surface area contributed by atoms with Crippen molar-refractivity contribution >= 4 is 21.7 Å². The van der Waals surface area contributed by atoms with Crippen LogP contribution in [-0.4, -0.2) is 25.5 Å². The molecule has 5 heteroatoms. The van der Waals surface area contributed by atoms with Gasteiger partial charge in [-0.2, -0.15) is 0 Å². The maximum Gasteiger partial charge on any atom is 0.193 e. The van der Waals surface area contributed by atoms with Gasteiger partial charge in [-0.15, -0.1) is 6.58 Å². The lowest BCUT2D eigenvalue weighted by Crippen LogP contribution is -2.14. The van der Waals surface area contributed by atoms with Gasteiger partial charge >= 0.3 is 0 Å². The van der Waals surface area contributed by atoms with E-state index in [9.17, 15) is 9.18 Å². The average molecular weight is 418 g/mol. The number of carbonyl (C=O) groups is 1. The summed E-state index contributed by atoms with van der Waals surface area (Å²) in [4.78, 5) is 12.4. The molecule has 0 unspecified atom stereocenters. The van der Waals surface area contributed by atoms with E-state index in [1.165, 1.54) is 12.1 Å². The second-order valence-electron chi connectivity index (χ2n) is 5.55. The molecule has 0 aliphatic rings. The van der Waals surface area contributed by atoms with E-state index in [0.717, 1.165) is 24.0 Å². The smallest absolute Gasteiger partial charge is 0.193 e. The highest BCUT2D eigenvalue weighted by Gasteiger charge is 2.12. The highest BCUT2D eigenvalue weighted by molar-refractivity contribution is 9.10. The second-order valence-corrected chi connectivity index (χ2v) is 6.46. The monoisotopic (exact) mass is 417 g/mol. The summed E-state index contributed by atoms with van der Waals surface area (Å²) >= 11 is 3.32. The summed E-state index contributed by atoms with van der Waals surface area (Å²) in [6, 6.07) is 11.2. The van der Waals surface area contributed by atoms with Crippen LogP contribution < -0.4 is 10.1 Å². The third kappa shape index (κ3) is 6.24. The van der Waals surface area contributed by atoms with Crippen molar-refractivity contribution in [2.45, 2.75) is 6.42 Å². The first kappa shape index (κ1) is 20.1. The number of benzene rings is 2. The minimum absolute atomic E-state index is 0.127. The molecular weight excluding hydrogens is 397 g/mol. The Kier molecular flexibility index (Phi) is 8.25. The fourth-order valence-electron chi connectivity index (χ4n) is 2.21. The fourth-order valence-corrected chi connectivity index (χ4v) is 2.47. The zero-order valence-corrected chi connectivity index (χ0v) is 16.0. The Bertz CT molecular complexity index is 772.